The summed E-state index contributed by atoms with van der Waals surface area (Å²) in [4.78, 5) is 1.82. The van der Waals surface area contributed by atoms with Gasteiger partial charge in [0.1, 0.15) is 29.4 Å². The number of benzene rings is 4. The molecule has 14 heteroatoms. The quantitative estimate of drug-likeness (QED) is 0.116. The number of nitrogens with one attached hydrogen (secondary N) is 1. The summed E-state index contributed by atoms with van der Waals surface area (Å²) in [5.41, 5.74) is -11.8. The van der Waals surface area contributed by atoms with E-state index in [2.05, 4.69) is 13.8 Å². The van der Waals surface area contributed by atoms with Gasteiger partial charge < -0.3 is 4.90 Å². The second-order valence-electron chi connectivity index (χ2n) is 13.4. The van der Waals surface area contributed by atoms with Gasteiger partial charge in [-0.25, -0.2) is 52.7 Å². The van der Waals surface area contributed by atoms with Crippen molar-refractivity contribution in [1.82, 2.24) is 0 Å². The zero-order valence-corrected chi connectivity index (χ0v) is 29.4. The normalized spacial score (nSPS) is 13.8. The fourth-order valence-electron chi connectivity index (χ4n) is 7.70. The first-order valence-corrected chi connectivity index (χ1v) is 17.0. The molecule has 282 valence electrons. The summed E-state index contributed by atoms with van der Waals surface area (Å²) >= 11 is 0. The lowest BCUT2D eigenvalue weighted by atomic mass is 9.12. The molecule has 0 spiro atoms. The van der Waals surface area contributed by atoms with Crippen LogP contribution in [0.4, 0.5) is 52.7 Å². The predicted octanol–water partition coefficient (Wildman–Crippen LogP) is 7.21. The Morgan fingerprint density at radius 2 is 0.692 bits per heavy atom. The van der Waals surface area contributed by atoms with Crippen LogP contribution in [0.15, 0.2) is 24.3 Å². The van der Waals surface area contributed by atoms with E-state index in [-0.39, 0.29) is 24.3 Å². The molecule has 0 aromatic heterocycles. The summed E-state index contributed by atoms with van der Waals surface area (Å²) < 4.78 is 186. The summed E-state index contributed by atoms with van der Waals surface area (Å²) in [6.07, 6.45) is 1.90. The van der Waals surface area contributed by atoms with Crippen molar-refractivity contribution in [2.24, 2.45) is 0 Å². The molecule has 4 aromatic rings. The molecule has 0 unspecified atom stereocenters. The Labute approximate surface area is 294 Å². The molecule has 0 atom stereocenters. The van der Waals surface area contributed by atoms with E-state index < -0.39 is 120 Å². The molecule has 4 aromatic carbocycles. The van der Waals surface area contributed by atoms with Gasteiger partial charge >= 0.3 is 0 Å². The summed E-state index contributed by atoms with van der Waals surface area (Å²) in [5.74, 6) is -26.3. The van der Waals surface area contributed by atoms with Crippen LogP contribution in [0.2, 0.25) is 0 Å². The van der Waals surface area contributed by atoms with Crippen LogP contribution in [-0.2, 0) is 0 Å². The van der Waals surface area contributed by atoms with Gasteiger partial charge in [-0.15, -0.1) is 21.9 Å². The van der Waals surface area contributed by atoms with Gasteiger partial charge in [0.05, 0.1) is 42.4 Å². The topological polar surface area (TPSA) is 4.44 Å². The Morgan fingerprint density at radius 1 is 0.442 bits per heavy atom. The number of quaternary nitrogens is 1. The molecule has 0 radical (unpaired) electrons. The Hall–Kier alpha value is -3.94. The van der Waals surface area contributed by atoms with Crippen molar-refractivity contribution in [2.75, 3.05) is 13.1 Å². The highest BCUT2D eigenvalue weighted by molar-refractivity contribution is 7.20. The fraction of sp³-hybridized carbons (Fsp3) is 0.368. The van der Waals surface area contributed by atoms with Gasteiger partial charge in [-0.05, 0) is 114 Å². The Balaban J connectivity index is 0.000000470. The van der Waals surface area contributed by atoms with Crippen molar-refractivity contribution < 1.29 is 57.6 Å². The minimum Gasteiger partial charge on any atom is -0.333 e. The summed E-state index contributed by atoms with van der Waals surface area (Å²) in [7, 11) is 0. The predicted molar refractivity (Wildman–Crippen MR) is 177 cm³/mol. The molecular weight excluding hydrogens is 709 g/mol. The minimum atomic E-state index is -5.51. The van der Waals surface area contributed by atoms with Crippen LogP contribution in [0.1, 0.15) is 68.2 Å². The van der Waals surface area contributed by atoms with Gasteiger partial charge in [-0.2, -0.15) is 0 Å². The Morgan fingerprint density at radius 3 is 0.923 bits per heavy atom. The van der Waals surface area contributed by atoms with E-state index in [0.29, 0.717) is 0 Å². The molecule has 1 fully saturated rings. The molecule has 5 rings (SSSR count). The molecule has 1 aliphatic rings. The standard InChI is InChI=1S/C28H16BF12.C10H21N/c1-9-5-13(30)17(25(38)21(9)34)29(18-14(31)6-10(2)22(35)26(18)39,19-15(32)7-11(3)23(36)27(19)40)20-16(33)8-12(4)24(37)28(20)41;1-3-11(4-2)10-8-6-5-7-9-10/h5-8H,1-4H3;10H,3-9H2,1-2H3/q-1;/p+1. The van der Waals surface area contributed by atoms with Gasteiger partial charge in [0.2, 0.25) is 0 Å². The van der Waals surface area contributed by atoms with Gasteiger partial charge in [-0.1, -0.05) is 6.42 Å². The molecule has 0 amide bonds. The van der Waals surface area contributed by atoms with Crippen molar-refractivity contribution in [1.29, 1.82) is 0 Å². The van der Waals surface area contributed by atoms with Gasteiger partial charge in [0.15, 0.2) is 23.3 Å². The molecule has 1 N–H and O–H groups in total. The highest BCUT2D eigenvalue weighted by atomic mass is 19.2. The number of hydrogen-bond acceptors (Lipinski definition) is 0. The Kier molecular flexibility index (Phi) is 12.5. The maximum absolute atomic E-state index is 15.8. The summed E-state index contributed by atoms with van der Waals surface area (Å²) in [6.45, 7) is 10.5. The fourth-order valence-corrected chi connectivity index (χ4v) is 7.70. The van der Waals surface area contributed by atoms with Gasteiger partial charge in [-0.3, -0.25) is 0 Å². The zero-order valence-electron chi connectivity index (χ0n) is 29.4. The maximum atomic E-state index is 15.8. The molecule has 0 bridgehead atoms. The van der Waals surface area contributed by atoms with Crippen molar-refractivity contribution in [3.63, 3.8) is 0 Å². The highest BCUT2D eigenvalue weighted by Gasteiger charge is 2.48. The number of hydrogen-bond donors (Lipinski definition) is 1. The van der Waals surface area contributed by atoms with Crippen molar-refractivity contribution in [3.8, 4) is 0 Å². The summed E-state index contributed by atoms with van der Waals surface area (Å²) in [6, 6.07) is 1.63. The molecule has 0 saturated heterocycles. The van der Waals surface area contributed by atoms with E-state index in [9.17, 15) is 17.6 Å². The van der Waals surface area contributed by atoms with E-state index in [1.165, 1.54) is 45.2 Å². The van der Waals surface area contributed by atoms with E-state index >= 15 is 35.1 Å². The first-order valence-electron chi connectivity index (χ1n) is 17.0. The zero-order chi connectivity index (χ0) is 39.0. The van der Waals surface area contributed by atoms with Crippen LogP contribution in [0.3, 0.4) is 0 Å². The lowest BCUT2D eigenvalue weighted by molar-refractivity contribution is -0.923. The Bertz CT molecular complexity index is 1730. The van der Waals surface area contributed by atoms with E-state index in [0.717, 1.165) is 33.7 Å². The molecule has 52 heavy (non-hydrogen) atoms. The van der Waals surface area contributed by atoms with Gasteiger partial charge in [0, 0.05) is 0 Å². The number of aryl methyl sites for hydroxylation is 4. The second kappa shape index (κ2) is 16.0. The molecule has 0 heterocycles. The number of halogens is 12. The lowest BCUT2D eigenvalue weighted by Gasteiger charge is -2.45. The van der Waals surface area contributed by atoms with Gasteiger partial charge in [0.25, 0.3) is 0 Å². The minimum absolute atomic E-state index is 0.158. The first kappa shape index (κ1) is 40.8. The molecule has 0 aliphatic heterocycles. The third kappa shape index (κ3) is 6.94. The highest BCUT2D eigenvalue weighted by Crippen LogP contribution is 2.28. The summed E-state index contributed by atoms with van der Waals surface area (Å²) in [5, 5.41) is 0. The third-order valence-corrected chi connectivity index (χ3v) is 10.3. The van der Waals surface area contributed by atoms with E-state index in [1.807, 2.05) is 4.90 Å². The van der Waals surface area contributed by atoms with Crippen molar-refractivity contribution in [3.05, 3.63) is 116 Å². The van der Waals surface area contributed by atoms with Crippen LogP contribution >= 0.6 is 0 Å². The average molecular weight is 748 g/mol. The number of rotatable bonds is 7. The van der Waals surface area contributed by atoms with Crippen molar-refractivity contribution >= 4 is 28.0 Å². The van der Waals surface area contributed by atoms with Crippen LogP contribution in [0.5, 0.6) is 0 Å². The SMILES string of the molecule is CC[NH+](CC)C1CCCCC1.Cc1cc(F)c([B-](c2c(F)cc(C)c(F)c2F)(c2c(F)cc(C)c(F)c2F)c2c(F)cc(C)c(F)c2F)c(F)c1F. The van der Waals surface area contributed by atoms with E-state index in [4.69, 9.17) is 0 Å². The molecule has 1 saturated carbocycles. The van der Waals surface area contributed by atoms with Crippen molar-refractivity contribution in [2.45, 2.75) is 79.7 Å². The van der Waals surface area contributed by atoms with Crippen LogP contribution < -0.4 is 26.8 Å². The monoisotopic (exact) mass is 747 g/mol. The average Bonchev–Trinajstić information content (AvgIpc) is 3.09. The smallest absolute Gasteiger partial charge is 0.158 e. The molecule has 1 nitrogen and oxygen atoms in total. The first-order chi connectivity index (χ1) is 24.4. The van der Waals surface area contributed by atoms with Crippen LogP contribution in [0.25, 0.3) is 0 Å². The van der Waals surface area contributed by atoms with Crippen LogP contribution in [0, 0.1) is 97.5 Å². The molecule has 1 aliphatic carbocycles. The van der Waals surface area contributed by atoms with Crippen LogP contribution in [-0.4, -0.2) is 25.3 Å². The lowest BCUT2D eigenvalue weighted by Crippen LogP contribution is -3.15. The van der Waals surface area contributed by atoms with E-state index in [1.54, 1.807) is 0 Å². The second-order valence-corrected chi connectivity index (χ2v) is 13.4. The third-order valence-electron chi connectivity index (χ3n) is 10.3. The molecular formula is C38H38BF12N. The maximum Gasteiger partial charge on any atom is 0.158 e. The largest absolute Gasteiger partial charge is 0.333 e.